The minimum atomic E-state index is -0.406. The SMILES string of the molecule is CCOC(=O)c1c(SC)c(C(c2ccc(OC)cc2)c2c(SC)c(C(=O)OCC)n3ccc(N(C)C)cc23)c2cc(N(C)C)ccn12. The van der Waals surface area contributed by atoms with E-state index in [1.54, 1.807) is 7.11 Å². The molecule has 0 spiro atoms. The van der Waals surface area contributed by atoms with Crippen LogP contribution in [0.3, 0.4) is 0 Å². The van der Waals surface area contributed by atoms with E-state index in [2.05, 4.69) is 24.3 Å². The number of rotatable bonds is 12. The predicted molar refractivity (Wildman–Crippen MR) is 193 cm³/mol. The molecule has 0 N–H and O–H groups in total. The molecule has 9 nitrogen and oxygen atoms in total. The fourth-order valence-corrected chi connectivity index (χ4v) is 7.71. The van der Waals surface area contributed by atoms with E-state index in [0.29, 0.717) is 11.4 Å². The van der Waals surface area contributed by atoms with Crippen LogP contribution in [-0.4, -0.2) is 81.8 Å². The molecule has 5 aromatic rings. The molecular formula is C36H42N4O5S2. The van der Waals surface area contributed by atoms with Gasteiger partial charge in [0.2, 0.25) is 0 Å². The highest BCUT2D eigenvalue weighted by molar-refractivity contribution is 7.99. The summed E-state index contributed by atoms with van der Waals surface area (Å²) in [5.74, 6) is -0.455. The van der Waals surface area contributed by atoms with Crippen LogP contribution in [0.1, 0.15) is 57.4 Å². The first-order chi connectivity index (χ1) is 22.6. The van der Waals surface area contributed by atoms with Gasteiger partial charge in [-0.1, -0.05) is 12.1 Å². The molecule has 0 amide bonds. The number of nitrogens with zero attached hydrogens (tertiary/aromatic N) is 4. The van der Waals surface area contributed by atoms with Crippen molar-refractivity contribution in [3.63, 3.8) is 0 Å². The fraction of sp³-hybridized carbons (Fsp3) is 0.333. The Bertz CT molecular complexity index is 1810. The number of aromatic nitrogens is 2. The maximum absolute atomic E-state index is 13.7. The Morgan fingerprint density at radius 2 is 1.15 bits per heavy atom. The highest BCUT2D eigenvalue weighted by Crippen LogP contribution is 2.49. The number of ether oxygens (including phenoxy) is 3. The number of methoxy groups -OCH3 is 1. The third-order valence-electron chi connectivity index (χ3n) is 8.24. The van der Waals surface area contributed by atoms with Crippen LogP contribution >= 0.6 is 23.5 Å². The van der Waals surface area contributed by atoms with Gasteiger partial charge in [-0.2, -0.15) is 0 Å². The van der Waals surface area contributed by atoms with Gasteiger partial charge in [0.25, 0.3) is 0 Å². The lowest BCUT2D eigenvalue weighted by Gasteiger charge is -2.22. The molecule has 0 radical (unpaired) electrons. The summed E-state index contributed by atoms with van der Waals surface area (Å²) in [6, 6.07) is 16.2. The lowest BCUT2D eigenvalue weighted by atomic mass is 9.85. The Morgan fingerprint density at radius 3 is 1.49 bits per heavy atom. The van der Waals surface area contributed by atoms with E-state index in [-0.39, 0.29) is 13.2 Å². The molecular weight excluding hydrogens is 633 g/mol. The van der Waals surface area contributed by atoms with Crippen molar-refractivity contribution in [3.05, 3.63) is 89.0 Å². The highest BCUT2D eigenvalue weighted by atomic mass is 32.2. The molecule has 11 heteroatoms. The maximum atomic E-state index is 13.7. The molecule has 0 bridgehead atoms. The monoisotopic (exact) mass is 674 g/mol. The molecule has 4 heterocycles. The van der Waals surface area contributed by atoms with Crippen LogP contribution < -0.4 is 14.5 Å². The number of carbonyl (C=O) groups is 2. The third-order valence-corrected chi connectivity index (χ3v) is 9.88. The number of thioether (sulfide) groups is 2. The quantitative estimate of drug-likeness (QED) is 0.100. The van der Waals surface area contributed by atoms with Gasteiger partial charge in [-0.15, -0.1) is 23.5 Å². The minimum absolute atomic E-state index is 0.254. The van der Waals surface area contributed by atoms with Gasteiger partial charge in [0.1, 0.15) is 17.1 Å². The van der Waals surface area contributed by atoms with Gasteiger partial charge in [0.05, 0.1) is 31.4 Å². The summed E-state index contributed by atoms with van der Waals surface area (Å²) in [7, 11) is 9.64. The molecule has 4 aromatic heterocycles. The summed E-state index contributed by atoms with van der Waals surface area (Å²) in [4.78, 5) is 33.1. The molecule has 0 atom stereocenters. The average molecular weight is 675 g/mol. The van der Waals surface area contributed by atoms with E-state index in [4.69, 9.17) is 14.2 Å². The van der Waals surface area contributed by atoms with Crippen LogP contribution in [-0.2, 0) is 9.47 Å². The molecule has 0 saturated heterocycles. The van der Waals surface area contributed by atoms with Gasteiger partial charge in [0, 0.05) is 78.8 Å². The second kappa shape index (κ2) is 14.3. The Kier molecular flexibility index (Phi) is 10.4. The molecule has 0 aliphatic rings. The van der Waals surface area contributed by atoms with Gasteiger partial charge in [-0.05, 0) is 68.3 Å². The summed E-state index contributed by atoms with van der Waals surface area (Å²) in [5.41, 5.74) is 7.54. The number of pyridine rings is 2. The smallest absolute Gasteiger partial charge is 0.356 e. The van der Waals surface area contributed by atoms with Crippen molar-refractivity contribution in [2.45, 2.75) is 29.6 Å². The van der Waals surface area contributed by atoms with E-state index in [0.717, 1.165) is 54.6 Å². The van der Waals surface area contributed by atoms with Crippen LogP contribution in [0.25, 0.3) is 11.0 Å². The third kappa shape index (κ3) is 6.14. The largest absolute Gasteiger partial charge is 0.497 e. The standard InChI is InChI=1S/C36H42N4O5S2/c1-10-44-35(41)31-33(46-8)29(26-20-23(37(3)4)16-18-39(26)31)28(22-12-14-25(43-7)15-13-22)30-27-21-24(38(5)6)17-19-40(27)32(34(30)47-9)36(42)45-11-2/h12-21,28H,10-11H2,1-9H3. The lowest BCUT2D eigenvalue weighted by molar-refractivity contribution is 0.0505. The molecule has 0 aliphatic carbocycles. The molecule has 1 aromatic carbocycles. The second-order valence-corrected chi connectivity index (χ2v) is 12.9. The van der Waals surface area contributed by atoms with E-state index < -0.39 is 17.9 Å². The van der Waals surface area contributed by atoms with E-state index >= 15 is 0 Å². The zero-order chi connectivity index (χ0) is 34.0. The van der Waals surface area contributed by atoms with Gasteiger partial charge >= 0.3 is 11.9 Å². The van der Waals surface area contributed by atoms with Crippen LogP contribution in [0, 0.1) is 0 Å². The van der Waals surface area contributed by atoms with Crippen molar-refractivity contribution < 1.29 is 23.8 Å². The van der Waals surface area contributed by atoms with Crippen LogP contribution in [0.15, 0.2) is 70.7 Å². The van der Waals surface area contributed by atoms with Gasteiger partial charge in [0.15, 0.2) is 0 Å². The molecule has 0 aliphatic heterocycles. The molecule has 248 valence electrons. The van der Waals surface area contributed by atoms with Crippen molar-refractivity contribution in [3.8, 4) is 5.75 Å². The summed E-state index contributed by atoms with van der Waals surface area (Å²) < 4.78 is 20.7. The van der Waals surface area contributed by atoms with Crippen LogP contribution in [0.5, 0.6) is 5.75 Å². The van der Waals surface area contributed by atoms with Crippen molar-refractivity contribution in [2.75, 3.05) is 70.8 Å². The minimum Gasteiger partial charge on any atom is -0.497 e. The van der Waals surface area contributed by atoms with Crippen molar-refractivity contribution in [1.82, 2.24) is 8.80 Å². The number of fused-ring (bicyclic) bond motifs is 2. The van der Waals surface area contributed by atoms with Gasteiger partial charge < -0.3 is 32.8 Å². The second-order valence-electron chi connectivity index (χ2n) is 11.3. The van der Waals surface area contributed by atoms with Gasteiger partial charge in [-0.25, -0.2) is 9.59 Å². The summed E-state index contributed by atoms with van der Waals surface area (Å²) in [6.45, 7) is 4.14. The van der Waals surface area contributed by atoms with Crippen molar-refractivity contribution in [2.24, 2.45) is 0 Å². The predicted octanol–water partition coefficient (Wildman–Crippen LogP) is 7.31. The topological polar surface area (TPSA) is 77.1 Å². The number of benzene rings is 1. The number of anilines is 2. The first kappa shape index (κ1) is 34.1. The highest BCUT2D eigenvalue weighted by Gasteiger charge is 2.36. The molecule has 0 fully saturated rings. The van der Waals surface area contributed by atoms with E-state index in [1.807, 2.05) is 110 Å². The van der Waals surface area contributed by atoms with E-state index in [9.17, 15) is 9.59 Å². The number of hydrogen-bond acceptors (Lipinski definition) is 9. The molecule has 5 rings (SSSR count). The maximum Gasteiger partial charge on any atom is 0.356 e. The first-order valence-corrected chi connectivity index (χ1v) is 17.8. The summed E-state index contributed by atoms with van der Waals surface area (Å²) >= 11 is 3.03. The first-order valence-electron chi connectivity index (χ1n) is 15.4. The summed E-state index contributed by atoms with van der Waals surface area (Å²) in [6.07, 6.45) is 7.85. The van der Waals surface area contributed by atoms with Crippen molar-refractivity contribution in [1.29, 1.82) is 0 Å². The number of carbonyl (C=O) groups excluding carboxylic acids is 2. The Morgan fingerprint density at radius 1 is 0.723 bits per heavy atom. The van der Waals surface area contributed by atoms with Gasteiger partial charge in [-0.3, -0.25) is 0 Å². The molecule has 0 saturated carbocycles. The number of esters is 2. The van der Waals surface area contributed by atoms with Crippen LogP contribution in [0.4, 0.5) is 11.4 Å². The number of hydrogen-bond donors (Lipinski definition) is 0. The lowest BCUT2D eigenvalue weighted by Crippen LogP contribution is -2.11. The van der Waals surface area contributed by atoms with Crippen molar-refractivity contribution >= 4 is 57.9 Å². The normalized spacial score (nSPS) is 11.4. The molecule has 0 unspecified atom stereocenters. The van der Waals surface area contributed by atoms with E-state index in [1.165, 1.54) is 23.5 Å². The zero-order valence-corrected chi connectivity index (χ0v) is 30.0. The molecule has 47 heavy (non-hydrogen) atoms. The zero-order valence-electron chi connectivity index (χ0n) is 28.4. The van der Waals surface area contributed by atoms with Crippen LogP contribution in [0.2, 0.25) is 0 Å². The Balaban J connectivity index is 2.02. The Labute approximate surface area is 284 Å². The Hall–Kier alpha value is -4.22. The fourth-order valence-electron chi connectivity index (χ4n) is 6.07. The average Bonchev–Trinajstić information content (AvgIpc) is 3.57. The summed E-state index contributed by atoms with van der Waals surface area (Å²) in [5, 5.41) is 0.